The monoisotopic (exact) mass is 1000 g/mol. The lowest BCUT2D eigenvalue weighted by Crippen LogP contribution is -2.53. The first-order valence-corrected chi connectivity index (χ1v) is 30.9. The lowest BCUT2D eigenvalue weighted by Gasteiger charge is -2.34. The van der Waals surface area contributed by atoms with Crippen LogP contribution in [0.4, 0.5) is 0 Å². The van der Waals surface area contributed by atoms with Crippen molar-refractivity contribution in [1.29, 1.82) is 0 Å². The Morgan fingerprint density at radius 2 is 0.634 bits per heavy atom. The van der Waals surface area contributed by atoms with Crippen LogP contribution in [0.15, 0.2) is 0 Å². The number of unbranched alkanes of at least 4 members (excludes halogenated alkanes) is 31. The Morgan fingerprint density at radius 3 is 0.915 bits per heavy atom. The van der Waals surface area contributed by atoms with Gasteiger partial charge in [0, 0.05) is 39.0 Å². The van der Waals surface area contributed by atoms with Gasteiger partial charge < -0.3 is 30.7 Å². The van der Waals surface area contributed by atoms with Crippen molar-refractivity contribution < 1.29 is 19.2 Å². The molecule has 0 fully saturated rings. The van der Waals surface area contributed by atoms with Gasteiger partial charge in [0.15, 0.2) is 0 Å². The molecule has 0 aliphatic heterocycles. The Morgan fingerprint density at radius 1 is 0.352 bits per heavy atom. The third kappa shape index (κ3) is 39.9. The van der Waals surface area contributed by atoms with Crippen LogP contribution in [0.2, 0.25) is 0 Å². The van der Waals surface area contributed by atoms with E-state index >= 15 is 0 Å². The molecule has 0 heterocycles. The van der Waals surface area contributed by atoms with Crippen LogP contribution in [0.1, 0.15) is 286 Å². The minimum Gasteiger partial charge on any atom is -0.354 e. The van der Waals surface area contributed by atoms with Crippen molar-refractivity contribution in [3.05, 3.63) is 0 Å². The van der Waals surface area contributed by atoms with Gasteiger partial charge in [0.2, 0.25) is 23.6 Å². The molecule has 0 rings (SSSR count). The molecule has 71 heavy (non-hydrogen) atoms. The number of nitrogens with one attached hydrogen (secondary N) is 3. The van der Waals surface area contributed by atoms with E-state index in [9.17, 15) is 19.2 Å². The van der Waals surface area contributed by atoms with Crippen LogP contribution in [0, 0.1) is 11.8 Å². The van der Waals surface area contributed by atoms with Gasteiger partial charge in [0.1, 0.15) is 12.1 Å². The van der Waals surface area contributed by atoms with E-state index in [2.05, 4.69) is 76.5 Å². The summed E-state index contributed by atoms with van der Waals surface area (Å²) in [4.78, 5) is 60.8. The first-order chi connectivity index (χ1) is 34.4. The van der Waals surface area contributed by atoms with Gasteiger partial charge in [0.05, 0.1) is 0 Å². The number of carbonyl (C=O) groups excluding carboxylic acids is 4. The third-order valence-electron chi connectivity index (χ3n) is 14.6. The third-order valence-corrected chi connectivity index (χ3v) is 14.6. The molecular weight excluding hydrogens is 881 g/mol. The summed E-state index contributed by atoms with van der Waals surface area (Å²) in [6.45, 7) is 16.8. The minimum absolute atomic E-state index is 0.0148. The number of rotatable bonds is 53. The molecule has 2 atom stereocenters. The van der Waals surface area contributed by atoms with Gasteiger partial charge in [-0.2, -0.15) is 0 Å². The highest BCUT2D eigenvalue weighted by Crippen LogP contribution is 2.20. The van der Waals surface area contributed by atoms with Gasteiger partial charge in [-0.3, -0.25) is 19.2 Å². The van der Waals surface area contributed by atoms with Gasteiger partial charge in [0.25, 0.3) is 0 Å². The summed E-state index contributed by atoms with van der Waals surface area (Å²) < 4.78 is 0. The Labute approximate surface area is 441 Å². The standard InChI is InChI=1S/C61H122N6O4/c1-10-12-14-16-18-20-22-24-26-28-30-32-34-36-40-46-56(68)66(52-44-48-62-7)58(54(3)4)60(70)63-49-42-38-39-43-50-64-61(71)59(55(5)6)67(53-45-51-65(8)9)57(69)47-41-37-35-33-31-29-27-25-23-21-19-17-15-13-11-2/h54-55,58-59,62H,10-53H2,1-9H3,(H,63,70)(H,64,71). The van der Waals surface area contributed by atoms with Crippen LogP contribution in [-0.4, -0.2) is 111 Å². The molecule has 0 aromatic carbocycles. The molecule has 0 spiro atoms. The maximum atomic E-state index is 13.8. The van der Waals surface area contributed by atoms with Crippen molar-refractivity contribution in [1.82, 2.24) is 30.7 Å². The fourth-order valence-corrected chi connectivity index (χ4v) is 10.2. The van der Waals surface area contributed by atoms with E-state index in [4.69, 9.17) is 0 Å². The summed E-state index contributed by atoms with van der Waals surface area (Å²) in [6.07, 6.45) is 45.2. The van der Waals surface area contributed by atoms with Crippen LogP contribution >= 0.6 is 0 Å². The van der Waals surface area contributed by atoms with E-state index in [1.165, 1.54) is 167 Å². The van der Waals surface area contributed by atoms with Gasteiger partial charge in [-0.1, -0.05) is 234 Å². The van der Waals surface area contributed by atoms with Crippen molar-refractivity contribution in [3.8, 4) is 0 Å². The fourth-order valence-electron chi connectivity index (χ4n) is 10.2. The van der Waals surface area contributed by atoms with E-state index in [1.807, 2.05) is 16.8 Å². The topological polar surface area (TPSA) is 114 Å². The van der Waals surface area contributed by atoms with Crippen molar-refractivity contribution in [3.63, 3.8) is 0 Å². The van der Waals surface area contributed by atoms with Crippen LogP contribution < -0.4 is 16.0 Å². The van der Waals surface area contributed by atoms with Crippen LogP contribution in [0.25, 0.3) is 0 Å². The second-order valence-electron chi connectivity index (χ2n) is 22.6. The van der Waals surface area contributed by atoms with Crippen molar-refractivity contribution in [2.75, 3.05) is 60.4 Å². The number of nitrogens with zero attached hydrogens (tertiary/aromatic N) is 3. The summed E-state index contributed by atoms with van der Waals surface area (Å²) in [5, 5.41) is 9.57. The predicted octanol–water partition coefficient (Wildman–Crippen LogP) is 14.6. The molecule has 3 N–H and O–H groups in total. The molecule has 0 aromatic heterocycles. The smallest absolute Gasteiger partial charge is 0.243 e. The largest absolute Gasteiger partial charge is 0.354 e. The molecule has 0 aromatic rings. The van der Waals surface area contributed by atoms with Crippen molar-refractivity contribution in [2.24, 2.45) is 11.8 Å². The molecule has 2 unspecified atom stereocenters. The van der Waals surface area contributed by atoms with E-state index < -0.39 is 12.1 Å². The van der Waals surface area contributed by atoms with E-state index in [1.54, 1.807) is 0 Å². The maximum Gasteiger partial charge on any atom is 0.243 e. The number of carbonyl (C=O) groups is 4. The Bertz CT molecular complexity index is 1230. The summed E-state index contributed by atoms with van der Waals surface area (Å²) in [5.41, 5.74) is 0. The zero-order chi connectivity index (χ0) is 52.6. The zero-order valence-electron chi connectivity index (χ0n) is 48.9. The molecule has 10 heteroatoms. The maximum absolute atomic E-state index is 13.8. The number of hydrogen-bond donors (Lipinski definition) is 3. The molecule has 0 aliphatic carbocycles. The lowest BCUT2D eigenvalue weighted by atomic mass is 9.99. The summed E-state index contributed by atoms with van der Waals surface area (Å²) in [6, 6.07) is -0.947. The summed E-state index contributed by atoms with van der Waals surface area (Å²) >= 11 is 0. The first kappa shape index (κ1) is 68.8. The highest BCUT2D eigenvalue weighted by Gasteiger charge is 2.33. The van der Waals surface area contributed by atoms with Gasteiger partial charge in [-0.25, -0.2) is 0 Å². The average Bonchev–Trinajstić information content (AvgIpc) is 3.33. The van der Waals surface area contributed by atoms with Gasteiger partial charge in [-0.15, -0.1) is 0 Å². The van der Waals surface area contributed by atoms with E-state index in [0.717, 1.165) is 77.3 Å². The molecular formula is C61H122N6O4. The first-order valence-electron chi connectivity index (χ1n) is 30.9. The van der Waals surface area contributed by atoms with Crippen LogP contribution in [-0.2, 0) is 19.2 Å². The molecule has 0 radical (unpaired) electrons. The van der Waals surface area contributed by atoms with E-state index in [0.29, 0.717) is 39.0 Å². The number of hydrogen-bond acceptors (Lipinski definition) is 6. The van der Waals surface area contributed by atoms with Crippen LogP contribution in [0.3, 0.4) is 0 Å². The average molecular weight is 1000 g/mol. The Hall–Kier alpha value is -2.20. The molecule has 0 saturated carbocycles. The Balaban J connectivity index is 4.75. The second kappa shape index (κ2) is 50.0. The second-order valence-corrected chi connectivity index (χ2v) is 22.6. The highest BCUT2D eigenvalue weighted by atomic mass is 16.2. The minimum atomic E-state index is -0.474. The normalized spacial score (nSPS) is 12.5. The van der Waals surface area contributed by atoms with Gasteiger partial charge >= 0.3 is 0 Å². The fraction of sp³-hybridized carbons (Fsp3) is 0.934. The van der Waals surface area contributed by atoms with Crippen LogP contribution in [0.5, 0.6) is 0 Å². The Kier molecular flexibility index (Phi) is 48.4. The quantitative estimate of drug-likeness (QED) is 0.0523. The molecule has 0 aliphatic rings. The molecule has 0 bridgehead atoms. The van der Waals surface area contributed by atoms with E-state index in [-0.39, 0.29) is 35.5 Å². The summed E-state index contributed by atoms with van der Waals surface area (Å²) in [7, 11) is 6.03. The molecule has 0 saturated heterocycles. The van der Waals surface area contributed by atoms with Crippen molar-refractivity contribution >= 4 is 23.6 Å². The zero-order valence-corrected chi connectivity index (χ0v) is 48.9. The summed E-state index contributed by atoms with van der Waals surface area (Å²) in [5.74, 6) is 0.148. The number of amides is 4. The lowest BCUT2D eigenvalue weighted by molar-refractivity contribution is -0.142. The highest BCUT2D eigenvalue weighted by molar-refractivity contribution is 5.88. The molecule has 10 nitrogen and oxygen atoms in total. The molecule has 4 amide bonds. The predicted molar refractivity (Wildman–Crippen MR) is 306 cm³/mol. The van der Waals surface area contributed by atoms with Crippen molar-refractivity contribution in [2.45, 2.75) is 298 Å². The van der Waals surface area contributed by atoms with Gasteiger partial charge in [-0.05, 0) is 84.6 Å². The molecule has 420 valence electrons. The SMILES string of the molecule is CCCCCCCCCCCCCCCCCC(=O)N(CCCNC)C(C(=O)NCCCCCCNC(=O)C(C(C)C)N(CCCN(C)C)C(=O)CCCCCCCCCCCCCCCCC)C(C)C.